The zero-order chi connectivity index (χ0) is 20.9. The van der Waals surface area contributed by atoms with Gasteiger partial charge in [-0.15, -0.1) is 0 Å². The third-order valence-electron chi connectivity index (χ3n) is 5.37. The first-order valence-electron chi connectivity index (χ1n) is 11.5. The Labute approximate surface area is 200 Å². The van der Waals surface area contributed by atoms with E-state index in [2.05, 4.69) is 54.7 Å². The second-order valence-electron chi connectivity index (χ2n) is 8.26. The summed E-state index contributed by atoms with van der Waals surface area (Å²) < 4.78 is 5.47. The van der Waals surface area contributed by atoms with Gasteiger partial charge in [0, 0.05) is 27.8 Å². The van der Waals surface area contributed by atoms with E-state index in [0.29, 0.717) is 13.0 Å². The normalized spacial score (nSPS) is 11.7. The van der Waals surface area contributed by atoms with E-state index in [1.54, 1.807) is 0 Å². The predicted octanol–water partition coefficient (Wildman–Crippen LogP) is 8.96. The van der Waals surface area contributed by atoms with Gasteiger partial charge in [-0.1, -0.05) is 145 Å². The summed E-state index contributed by atoms with van der Waals surface area (Å²) in [6, 6.07) is 0. The Morgan fingerprint density at radius 2 is 1.00 bits per heavy atom. The molecule has 168 valence electrons. The van der Waals surface area contributed by atoms with E-state index in [9.17, 15) is 4.79 Å². The highest BCUT2D eigenvalue weighted by molar-refractivity contribution is 9.10. The molecule has 0 aliphatic carbocycles. The van der Waals surface area contributed by atoms with Gasteiger partial charge in [-0.05, 0) is 6.42 Å². The largest absolute Gasteiger partial charge is 0.465 e. The molecule has 0 aromatic rings. The van der Waals surface area contributed by atoms with Gasteiger partial charge in [-0.25, -0.2) is 0 Å². The van der Waals surface area contributed by atoms with E-state index in [-0.39, 0.29) is 11.4 Å². The van der Waals surface area contributed by atoms with Crippen molar-refractivity contribution < 1.29 is 9.53 Å². The molecule has 0 saturated carbocycles. The molecule has 0 N–H and O–H groups in total. The molecule has 0 radical (unpaired) electrons. The van der Waals surface area contributed by atoms with Crippen molar-refractivity contribution in [3.63, 3.8) is 0 Å². The summed E-state index contributed by atoms with van der Waals surface area (Å²) in [5, 5.41) is 2.42. The Balaban J connectivity index is 3.36. The van der Waals surface area contributed by atoms with Crippen LogP contribution < -0.4 is 0 Å². The average Bonchev–Trinajstić information content (AvgIpc) is 2.72. The van der Waals surface area contributed by atoms with Gasteiger partial charge < -0.3 is 4.74 Å². The van der Waals surface area contributed by atoms with E-state index in [0.717, 1.165) is 28.8 Å². The maximum atomic E-state index is 11.9. The van der Waals surface area contributed by atoms with Crippen LogP contribution in [0.4, 0.5) is 0 Å². The van der Waals surface area contributed by atoms with E-state index in [1.165, 1.54) is 83.5 Å². The smallest absolute Gasteiger partial charge is 0.305 e. The minimum absolute atomic E-state index is 0.0509. The molecule has 0 aliphatic rings. The monoisotopic (exact) mass is 588 g/mol. The molecule has 0 aromatic heterocycles. The van der Waals surface area contributed by atoms with Crippen molar-refractivity contribution >= 4 is 53.8 Å². The van der Waals surface area contributed by atoms with Crippen molar-refractivity contribution in [1.82, 2.24) is 0 Å². The number of carbonyl (C=O) groups excluding carboxylic acids is 1. The number of hydrogen-bond donors (Lipinski definition) is 0. The first kappa shape index (κ1) is 28.9. The second-order valence-corrected chi connectivity index (χ2v) is 9.94. The Bertz CT molecular complexity index is 338. The van der Waals surface area contributed by atoms with Crippen LogP contribution in [0.1, 0.15) is 110 Å². The number of rotatable bonds is 21. The molecule has 0 heterocycles. The van der Waals surface area contributed by atoms with Crippen molar-refractivity contribution in [3.05, 3.63) is 0 Å². The van der Waals surface area contributed by atoms with Crippen LogP contribution in [0.5, 0.6) is 0 Å². The summed E-state index contributed by atoms with van der Waals surface area (Å²) in [4.78, 5) is 11.9. The predicted molar refractivity (Wildman–Crippen MR) is 134 cm³/mol. The number of carbonyl (C=O) groups is 1. The fraction of sp³-hybridized carbons (Fsp3) is 0.957. The van der Waals surface area contributed by atoms with Gasteiger partial charge in [0.25, 0.3) is 0 Å². The number of esters is 1. The average molecular weight is 591 g/mol. The SMILES string of the molecule is CCCCCCCCCCCCCCCCCC(=O)OCC(CBr)(CBr)CBr. The van der Waals surface area contributed by atoms with E-state index in [1.807, 2.05) is 0 Å². The number of halogens is 3. The van der Waals surface area contributed by atoms with Gasteiger partial charge in [0.05, 0.1) is 6.61 Å². The molecule has 0 spiro atoms. The summed E-state index contributed by atoms with van der Waals surface area (Å²) in [6.07, 6.45) is 20.7. The Morgan fingerprint density at radius 3 is 1.36 bits per heavy atom. The Hall–Kier alpha value is 0.910. The van der Waals surface area contributed by atoms with E-state index in [4.69, 9.17) is 4.74 Å². The second kappa shape index (κ2) is 21.2. The van der Waals surface area contributed by atoms with Crippen molar-refractivity contribution in [1.29, 1.82) is 0 Å². The zero-order valence-electron chi connectivity index (χ0n) is 18.1. The third-order valence-corrected chi connectivity index (χ3v) is 8.94. The van der Waals surface area contributed by atoms with Crippen LogP contribution in [0.3, 0.4) is 0 Å². The van der Waals surface area contributed by atoms with Crippen LogP contribution >= 0.6 is 47.8 Å². The third kappa shape index (κ3) is 16.7. The fourth-order valence-electron chi connectivity index (χ4n) is 3.17. The fourth-order valence-corrected chi connectivity index (χ4v) is 6.44. The van der Waals surface area contributed by atoms with Crippen LogP contribution in [0, 0.1) is 5.41 Å². The number of unbranched alkanes of at least 4 members (excludes halogenated alkanes) is 14. The van der Waals surface area contributed by atoms with Gasteiger partial charge in [0.1, 0.15) is 0 Å². The van der Waals surface area contributed by atoms with Crippen LogP contribution in [-0.4, -0.2) is 28.6 Å². The lowest BCUT2D eigenvalue weighted by Gasteiger charge is -2.26. The highest BCUT2D eigenvalue weighted by Gasteiger charge is 2.28. The van der Waals surface area contributed by atoms with Crippen molar-refractivity contribution in [2.24, 2.45) is 5.41 Å². The van der Waals surface area contributed by atoms with Crippen molar-refractivity contribution in [2.45, 2.75) is 110 Å². The maximum absolute atomic E-state index is 11.9. The molecule has 0 amide bonds. The molecule has 0 aliphatic heterocycles. The molecular weight excluding hydrogens is 548 g/mol. The quantitative estimate of drug-likeness (QED) is 0.0757. The minimum atomic E-state index is -0.0538. The summed E-state index contributed by atoms with van der Waals surface area (Å²) in [7, 11) is 0. The summed E-state index contributed by atoms with van der Waals surface area (Å²) >= 11 is 10.5. The van der Waals surface area contributed by atoms with Crippen LogP contribution in [-0.2, 0) is 9.53 Å². The van der Waals surface area contributed by atoms with Crippen LogP contribution in [0.25, 0.3) is 0 Å². The lowest BCUT2D eigenvalue weighted by molar-refractivity contribution is -0.146. The number of hydrogen-bond acceptors (Lipinski definition) is 2. The standard InChI is InChI=1S/C23H43Br3O2/c1-2-3-4-5-6-7-8-9-10-11-12-13-14-15-16-17-22(27)28-21-23(18-24,19-25)20-26/h2-21H2,1H3. The summed E-state index contributed by atoms with van der Waals surface area (Å²) in [5.74, 6) is -0.0538. The lowest BCUT2D eigenvalue weighted by Crippen LogP contribution is -2.33. The molecule has 0 atom stereocenters. The van der Waals surface area contributed by atoms with Gasteiger partial charge in [-0.3, -0.25) is 4.79 Å². The minimum Gasteiger partial charge on any atom is -0.465 e. The van der Waals surface area contributed by atoms with E-state index >= 15 is 0 Å². The first-order valence-corrected chi connectivity index (χ1v) is 14.8. The van der Waals surface area contributed by atoms with Gasteiger partial charge in [-0.2, -0.15) is 0 Å². The highest BCUT2D eigenvalue weighted by atomic mass is 79.9. The zero-order valence-corrected chi connectivity index (χ0v) is 22.9. The number of ether oxygens (including phenoxy) is 1. The van der Waals surface area contributed by atoms with Gasteiger partial charge >= 0.3 is 5.97 Å². The van der Waals surface area contributed by atoms with Crippen LogP contribution in [0.15, 0.2) is 0 Å². The molecule has 0 bridgehead atoms. The molecule has 2 nitrogen and oxygen atoms in total. The molecule has 0 fully saturated rings. The molecule has 0 aromatic carbocycles. The van der Waals surface area contributed by atoms with Crippen molar-refractivity contribution in [3.8, 4) is 0 Å². The molecule has 0 saturated heterocycles. The maximum Gasteiger partial charge on any atom is 0.305 e. The van der Waals surface area contributed by atoms with Crippen LogP contribution in [0.2, 0.25) is 0 Å². The first-order chi connectivity index (χ1) is 13.6. The summed E-state index contributed by atoms with van der Waals surface area (Å²) in [5.41, 5.74) is -0.0509. The van der Waals surface area contributed by atoms with Gasteiger partial charge in [0.15, 0.2) is 0 Å². The molecule has 5 heteroatoms. The van der Waals surface area contributed by atoms with E-state index < -0.39 is 0 Å². The number of alkyl halides is 3. The highest BCUT2D eigenvalue weighted by Crippen LogP contribution is 2.26. The Kier molecular flexibility index (Phi) is 21.8. The van der Waals surface area contributed by atoms with Gasteiger partial charge in [0.2, 0.25) is 0 Å². The molecule has 0 unspecified atom stereocenters. The molecule has 0 rings (SSSR count). The van der Waals surface area contributed by atoms with Crippen molar-refractivity contribution in [2.75, 3.05) is 22.6 Å². The Morgan fingerprint density at radius 1 is 0.643 bits per heavy atom. The lowest BCUT2D eigenvalue weighted by atomic mass is 9.98. The molecular formula is C23H43Br3O2. The summed E-state index contributed by atoms with van der Waals surface area (Å²) in [6.45, 7) is 2.74. The topological polar surface area (TPSA) is 26.3 Å². The molecule has 28 heavy (non-hydrogen) atoms.